The molecule has 0 radical (unpaired) electrons. The Hall–Kier alpha value is -1.44. The fourth-order valence-corrected chi connectivity index (χ4v) is 5.19. The second kappa shape index (κ2) is 7.43. The van der Waals surface area contributed by atoms with Crippen LogP contribution in [0.1, 0.15) is 41.9 Å². The lowest BCUT2D eigenvalue weighted by Gasteiger charge is -2.29. The van der Waals surface area contributed by atoms with E-state index in [2.05, 4.69) is 9.88 Å². The lowest BCUT2D eigenvalue weighted by atomic mass is 9.97. The molecule has 1 fully saturated rings. The van der Waals surface area contributed by atoms with Gasteiger partial charge in [0.1, 0.15) is 16.5 Å². The second-order valence-corrected chi connectivity index (χ2v) is 7.91. The van der Waals surface area contributed by atoms with Crippen LogP contribution in [0.5, 0.6) is 0 Å². The maximum absolute atomic E-state index is 11.2. The number of rotatable bonds is 3. The fourth-order valence-electron chi connectivity index (χ4n) is 3.90. The zero-order valence-corrected chi connectivity index (χ0v) is 15.7. The molecule has 136 valence electrons. The highest BCUT2D eigenvalue weighted by molar-refractivity contribution is 7.19. The van der Waals surface area contributed by atoms with Crippen LogP contribution >= 0.6 is 23.7 Å². The maximum atomic E-state index is 11.2. The number of nitrogens with two attached hydrogens (primary N) is 1. The second-order valence-electron chi connectivity index (χ2n) is 6.83. The molecule has 0 aromatic carbocycles. The van der Waals surface area contributed by atoms with E-state index in [9.17, 15) is 9.90 Å². The van der Waals surface area contributed by atoms with Gasteiger partial charge in [0.2, 0.25) is 0 Å². The van der Waals surface area contributed by atoms with E-state index in [0.717, 1.165) is 42.4 Å². The van der Waals surface area contributed by atoms with Gasteiger partial charge in [-0.25, -0.2) is 9.97 Å². The predicted octanol–water partition coefficient (Wildman–Crippen LogP) is 2.87. The molecule has 2 aromatic heterocycles. The van der Waals surface area contributed by atoms with E-state index >= 15 is 0 Å². The average molecular weight is 383 g/mol. The number of piperidine rings is 1. The highest BCUT2D eigenvalue weighted by atomic mass is 35.5. The summed E-state index contributed by atoms with van der Waals surface area (Å²) >= 11 is 1.75. The van der Waals surface area contributed by atoms with Gasteiger partial charge in [0.15, 0.2) is 0 Å². The molecule has 2 aliphatic rings. The SMILES string of the molecule is Cl.Nc1nc(CN2CCCC(C(=O)O)C2)nc2sc3c(c12)CCCC3. The summed E-state index contributed by atoms with van der Waals surface area (Å²) in [6.07, 6.45) is 6.31. The number of carboxylic acids is 1. The van der Waals surface area contributed by atoms with Crippen LogP contribution in [0.2, 0.25) is 0 Å². The Morgan fingerprint density at radius 2 is 2.08 bits per heavy atom. The molecule has 0 amide bonds. The zero-order valence-electron chi connectivity index (χ0n) is 14.0. The van der Waals surface area contributed by atoms with Gasteiger partial charge in [0, 0.05) is 11.4 Å². The fraction of sp³-hybridized carbons (Fsp3) is 0.588. The van der Waals surface area contributed by atoms with E-state index in [1.165, 1.54) is 23.3 Å². The first-order valence-corrected chi connectivity index (χ1v) is 9.45. The van der Waals surface area contributed by atoms with Crippen molar-refractivity contribution in [2.45, 2.75) is 45.1 Å². The molecule has 6 nitrogen and oxygen atoms in total. The van der Waals surface area contributed by atoms with Crippen molar-refractivity contribution in [2.24, 2.45) is 5.92 Å². The average Bonchev–Trinajstić information content (AvgIpc) is 2.93. The number of carboxylic acid groups (broad SMARTS) is 1. The third-order valence-corrected chi connectivity index (χ3v) is 6.29. The van der Waals surface area contributed by atoms with Crippen LogP contribution in [0, 0.1) is 5.92 Å². The Labute approximate surface area is 156 Å². The number of thiophene rings is 1. The number of fused-ring (bicyclic) bond motifs is 3. The maximum Gasteiger partial charge on any atom is 0.307 e. The third-order valence-electron chi connectivity index (χ3n) is 5.11. The normalized spacial score (nSPS) is 20.9. The minimum Gasteiger partial charge on any atom is -0.481 e. The molecule has 1 saturated heterocycles. The van der Waals surface area contributed by atoms with Crippen LogP contribution in [-0.4, -0.2) is 39.0 Å². The monoisotopic (exact) mass is 382 g/mol. The number of hydrogen-bond acceptors (Lipinski definition) is 6. The van der Waals surface area contributed by atoms with Crippen LogP contribution < -0.4 is 5.73 Å². The number of nitrogens with zero attached hydrogens (tertiary/aromatic N) is 3. The molecule has 1 unspecified atom stereocenters. The molecule has 4 rings (SSSR count). The van der Waals surface area contributed by atoms with Gasteiger partial charge in [-0.3, -0.25) is 9.69 Å². The van der Waals surface area contributed by atoms with Gasteiger partial charge in [0.05, 0.1) is 17.8 Å². The molecule has 1 aliphatic carbocycles. The van der Waals surface area contributed by atoms with Gasteiger partial charge in [-0.1, -0.05) is 0 Å². The van der Waals surface area contributed by atoms with Gasteiger partial charge < -0.3 is 10.8 Å². The van der Waals surface area contributed by atoms with Crippen molar-refractivity contribution in [1.29, 1.82) is 0 Å². The highest BCUT2D eigenvalue weighted by Crippen LogP contribution is 2.37. The quantitative estimate of drug-likeness (QED) is 0.847. The Balaban J connectivity index is 0.00000182. The Morgan fingerprint density at radius 3 is 2.88 bits per heavy atom. The number of hydrogen-bond donors (Lipinski definition) is 2. The Bertz CT molecular complexity index is 795. The molecule has 0 bridgehead atoms. The topological polar surface area (TPSA) is 92.3 Å². The van der Waals surface area contributed by atoms with Crippen molar-refractivity contribution in [3.8, 4) is 0 Å². The molecule has 3 N–H and O–H groups in total. The van der Waals surface area contributed by atoms with Gasteiger partial charge in [0.25, 0.3) is 0 Å². The van der Waals surface area contributed by atoms with E-state index in [1.54, 1.807) is 11.3 Å². The molecule has 0 spiro atoms. The van der Waals surface area contributed by atoms with E-state index in [0.29, 0.717) is 24.7 Å². The largest absolute Gasteiger partial charge is 0.481 e. The summed E-state index contributed by atoms with van der Waals surface area (Å²) in [6, 6.07) is 0. The van der Waals surface area contributed by atoms with Crippen molar-refractivity contribution in [1.82, 2.24) is 14.9 Å². The molecule has 0 saturated carbocycles. The summed E-state index contributed by atoms with van der Waals surface area (Å²) in [5.41, 5.74) is 7.60. The summed E-state index contributed by atoms with van der Waals surface area (Å²) in [4.78, 5) is 25.0. The first-order valence-electron chi connectivity index (χ1n) is 8.63. The standard InChI is InChI=1S/C17H22N4O2S.ClH/c18-15-14-11-5-1-2-6-12(11)24-16(14)20-13(19-15)9-21-7-3-4-10(8-21)17(22)23;/h10H,1-9H2,(H,22,23)(H2,18,19,20);1H. The lowest BCUT2D eigenvalue weighted by molar-refractivity contribution is -0.143. The third kappa shape index (κ3) is 3.59. The van der Waals surface area contributed by atoms with Gasteiger partial charge in [-0.2, -0.15) is 0 Å². The van der Waals surface area contributed by atoms with Gasteiger partial charge in [-0.15, -0.1) is 23.7 Å². The number of carbonyl (C=O) groups is 1. The van der Waals surface area contributed by atoms with Crippen molar-refractivity contribution < 1.29 is 9.90 Å². The Morgan fingerprint density at radius 1 is 1.28 bits per heavy atom. The van der Waals surface area contributed by atoms with Crippen molar-refractivity contribution in [3.63, 3.8) is 0 Å². The van der Waals surface area contributed by atoms with Crippen LogP contribution in [0.25, 0.3) is 10.2 Å². The molecular formula is C17H23ClN4O2S. The lowest BCUT2D eigenvalue weighted by Crippen LogP contribution is -2.38. The molecule has 3 heterocycles. The van der Waals surface area contributed by atoms with Crippen LogP contribution in [0.3, 0.4) is 0 Å². The Kier molecular flexibility index (Phi) is 5.46. The van der Waals surface area contributed by atoms with Crippen molar-refractivity contribution in [2.75, 3.05) is 18.8 Å². The minimum atomic E-state index is -0.707. The minimum absolute atomic E-state index is 0. The predicted molar refractivity (Wildman–Crippen MR) is 101 cm³/mol. The number of anilines is 1. The van der Waals surface area contributed by atoms with Crippen LogP contribution in [-0.2, 0) is 24.2 Å². The summed E-state index contributed by atoms with van der Waals surface area (Å²) in [6.45, 7) is 2.04. The number of aromatic nitrogens is 2. The molecule has 25 heavy (non-hydrogen) atoms. The first-order chi connectivity index (χ1) is 11.6. The summed E-state index contributed by atoms with van der Waals surface area (Å²) in [5, 5.41) is 10.3. The summed E-state index contributed by atoms with van der Waals surface area (Å²) < 4.78 is 0. The van der Waals surface area contributed by atoms with Gasteiger partial charge in [-0.05, 0) is 50.6 Å². The molecule has 2 aromatic rings. The number of halogens is 1. The van der Waals surface area contributed by atoms with E-state index < -0.39 is 5.97 Å². The van der Waals surface area contributed by atoms with E-state index in [-0.39, 0.29) is 18.3 Å². The smallest absolute Gasteiger partial charge is 0.307 e. The highest BCUT2D eigenvalue weighted by Gasteiger charge is 2.26. The summed E-state index contributed by atoms with van der Waals surface area (Å²) in [7, 11) is 0. The molecule has 1 atom stereocenters. The number of nitrogen functional groups attached to an aromatic ring is 1. The number of aryl methyl sites for hydroxylation is 2. The molecule has 8 heteroatoms. The number of likely N-dealkylation sites (tertiary alicyclic amines) is 1. The van der Waals surface area contributed by atoms with E-state index in [1.807, 2.05) is 0 Å². The van der Waals surface area contributed by atoms with E-state index in [4.69, 9.17) is 10.7 Å². The van der Waals surface area contributed by atoms with Crippen LogP contribution in [0.15, 0.2) is 0 Å². The number of aliphatic carboxylic acids is 1. The first kappa shape index (κ1) is 18.4. The van der Waals surface area contributed by atoms with Gasteiger partial charge >= 0.3 is 5.97 Å². The molecular weight excluding hydrogens is 360 g/mol. The van der Waals surface area contributed by atoms with Crippen molar-refractivity contribution in [3.05, 3.63) is 16.3 Å². The molecule has 1 aliphatic heterocycles. The summed E-state index contributed by atoms with van der Waals surface area (Å²) in [5.74, 6) is 0.307. The van der Waals surface area contributed by atoms with Crippen LogP contribution in [0.4, 0.5) is 5.82 Å². The van der Waals surface area contributed by atoms with Crippen molar-refractivity contribution >= 4 is 45.7 Å². The zero-order chi connectivity index (χ0) is 16.7.